The lowest BCUT2D eigenvalue weighted by Crippen LogP contribution is -2.34. The van der Waals surface area contributed by atoms with E-state index in [2.05, 4.69) is 24.0 Å². The Morgan fingerprint density at radius 1 is 1.12 bits per heavy atom. The van der Waals surface area contributed by atoms with Crippen LogP contribution in [-0.2, 0) is 6.54 Å². The Labute approximate surface area is 194 Å². The number of ether oxygens (including phenoxy) is 3. The first-order chi connectivity index (χ1) is 16.1. The Bertz CT molecular complexity index is 1230. The van der Waals surface area contributed by atoms with Crippen LogP contribution in [0.25, 0.3) is 6.08 Å². The summed E-state index contributed by atoms with van der Waals surface area (Å²) in [6, 6.07) is 20.1. The lowest BCUT2D eigenvalue weighted by molar-refractivity contribution is 0.0605. The molecule has 3 aromatic rings. The third-order valence-electron chi connectivity index (χ3n) is 6.29. The SMILES string of the molecule is CCOc1ccccc1/C=C1\Oc2c3c(cc(C)c2C1=O)OCN(C(C)c1ccccc1)C3. The molecule has 1 atom stereocenters. The predicted molar refractivity (Wildman–Crippen MR) is 128 cm³/mol. The number of Topliss-reactive ketones (excluding diaryl/α,β-unsaturated/α-hetero) is 1. The third-order valence-corrected chi connectivity index (χ3v) is 6.29. The van der Waals surface area contributed by atoms with Crippen LogP contribution in [0.15, 0.2) is 66.4 Å². The number of nitrogens with zero attached hydrogens (tertiary/aromatic N) is 1. The number of carbonyl (C=O) groups is 1. The van der Waals surface area contributed by atoms with Crippen LogP contribution >= 0.6 is 0 Å². The molecule has 33 heavy (non-hydrogen) atoms. The van der Waals surface area contributed by atoms with E-state index in [0.717, 1.165) is 28.2 Å². The van der Waals surface area contributed by atoms with Crippen molar-refractivity contribution in [3.05, 3.63) is 94.2 Å². The van der Waals surface area contributed by atoms with Crippen LogP contribution in [0.3, 0.4) is 0 Å². The number of rotatable bonds is 5. The molecule has 3 aromatic carbocycles. The second-order valence-corrected chi connectivity index (χ2v) is 8.39. The first-order valence-corrected chi connectivity index (χ1v) is 11.3. The molecular weight excluding hydrogens is 414 g/mol. The highest BCUT2D eigenvalue weighted by molar-refractivity contribution is 6.16. The summed E-state index contributed by atoms with van der Waals surface area (Å²) in [7, 11) is 0. The number of fused-ring (bicyclic) bond motifs is 3. The zero-order valence-corrected chi connectivity index (χ0v) is 19.1. The molecule has 2 heterocycles. The van der Waals surface area contributed by atoms with Crippen molar-refractivity contribution in [2.75, 3.05) is 13.3 Å². The van der Waals surface area contributed by atoms with Crippen molar-refractivity contribution in [2.45, 2.75) is 33.4 Å². The van der Waals surface area contributed by atoms with Gasteiger partial charge in [-0.15, -0.1) is 0 Å². The van der Waals surface area contributed by atoms with Crippen molar-refractivity contribution in [3.63, 3.8) is 0 Å². The quantitative estimate of drug-likeness (QED) is 0.460. The summed E-state index contributed by atoms with van der Waals surface area (Å²) in [5.74, 6) is 2.32. The summed E-state index contributed by atoms with van der Waals surface area (Å²) in [5, 5.41) is 0. The van der Waals surface area contributed by atoms with Crippen LogP contribution in [0, 0.1) is 6.92 Å². The molecule has 0 fully saturated rings. The van der Waals surface area contributed by atoms with Gasteiger partial charge in [0.15, 0.2) is 5.76 Å². The van der Waals surface area contributed by atoms with Crippen molar-refractivity contribution in [3.8, 4) is 17.2 Å². The molecule has 1 unspecified atom stereocenters. The number of ketones is 1. The van der Waals surface area contributed by atoms with Gasteiger partial charge in [0, 0.05) is 18.2 Å². The highest BCUT2D eigenvalue weighted by Crippen LogP contribution is 2.45. The van der Waals surface area contributed by atoms with Crippen LogP contribution in [0.4, 0.5) is 0 Å². The molecule has 0 bridgehead atoms. The Kier molecular flexibility index (Phi) is 5.65. The number of para-hydroxylation sites is 1. The summed E-state index contributed by atoms with van der Waals surface area (Å²) in [6.45, 7) is 7.72. The van der Waals surface area contributed by atoms with Crippen LogP contribution in [0.1, 0.15) is 52.5 Å². The van der Waals surface area contributed by atoms with Crippen molar-refractivity contribution in [1.29, 1.82) is 0 Å². The van der Waals surface area contributed by atoms with E-state index in [1.807, 2.05) is 62.4 Å². The van der Waals surface area contributed by atoms with Gasteiger partial charge >= 0.3 is 0 Å². The fraction of sp³-hybridized carbons (Fsp3) is 0.250. The molecule has 5 rings (SSSR count). The topological polar surface area (TPSA) is 48.0 Å². The Morgan fingerprint density at radius 3 is 2.67 bits per heavy atom. The highest BCUT2D eigenvalue weighted by Gasteiger charge is 2.36. The number of hydrogen-bond donors (Lipinski definition) is 0. The van der Waals surface area contributed by atoms with E-state index in [-0.39, 0.29) is 11.8 Å². The second kappa shape index (κ2) is 8.75. The van der Waals surface area contributed by atoms with Gasteiger partial charge < -0.3 is 14.2 Å². The molecule has 5 heteroatoms. The predicted octanol–water partition coefficient (Wildman–Crippen LogP) is 5.92. The van der Waals surface area contributed by atoms with Gasteiger partial charge in [-0.3, -0.25) is 9.69 Å². The third kappa shape index (κ3) is 3.89. The van der Waals surface area contributed by atoms with Gasteiger partial charge in [-0.05, 0) is 50.1 Å². The number of aryl methyl sites for hydroxylation is 1. The first-order valence-electron chi connectivity index (χ1n) is 11.3. The lowest BCUT2D eigenvalue weighted by Gasteiger charge is -2.34. The standard InChI is InChI=1S/C28H27NO4/c1-4-31-23-13-9-8-12-21(23)15-25-27(30)26-18(2)14-24-22(28(26)33-25)16-29(17-32-24)19(3)20-10-6-5-7-11-20/h5-15,19H,4,16-17H2,1-3H3/b25-15-. The Hall–Kier alpha value is -3.57. The lowest BCUT2D eigenvalue weighted by atomic mass is 9.97. The van der Waals surface area contributed by atoms with Gasteiger partial charge in [-0.25, -0.2) is 0 Å². The number of benzene rings is 3. The number of hydrogen-bond acceptors (Lipinski definition) is 5. The minimum atomic E-state index is -0.107. The number of allylic oxidation sites excluding steroid dienone is 1. The smallest absolute Gasteiger partial charge is 0.232 e. The van der Waals surface area contributed by atoms with Gasteiger partial charge in [0.1, 0.15) is 24.0 Å². The zero-order chi connectivity index (χ0) is 22.9. The summed E-state index contributed by atoms with van der Waals surface area (Å²) in [4.78, 5) is 15.6. The number of carbonyl (C=O) groups excluding carboxylic acids is 1. The van der Waals surface area contributed by atoms with E-state index in [9.17, 15) is 4.79 Å². The van der Waals surface area contributed by atoms with Crippen molar-refractivity contribution >= 4 is 11.9 Å². The molecule has 5 nitrogen and oxygen atoms in total. The van der Waals surface area contributed by atoms with E-state index in [4.69, 9.17) is 14.2 Å². The first kappa shape index (κ1) is 21.3. The molecule has 168 valence electrons. The van der Waals surface area contributed by atoms with Crippen molar-refractivity contribution in [2.24, 2.45) is 0 Å². The molecule has 0 amide bonds. The van der Waals surface area contributed by atoms with Gasteiger partial charge in [-0.1, -0.05) is 48.5 Å². The van der Waals surface area contributed by atoms with E-state index in [1.54, 1.807) is 6.08 Å². The largest absolute Gasteiger partial charge is 0.493 e. The molecule has 0 saturated heterocycles. The van der Waals surface area contributed by atoms with Crippen LogP contribution in [-0.4, -0.2) is 24.0 Å². The van der Waals surface area contributed by atoms with E-state index >= 15 is 0 Å². The average Bonchev–Trinajstić information content (AvgIpc) is 3.17. The van der Waals surface area contributed by atoms with Crippen LogP contribution in [0.2, 0.25) is 0 Å². The maximum Gasteiger partial charge on any atom is 0.232 e. The zero-order valence-electron chi connectivity index (χ0n) is 19.1. The van der Waals surface area contributed by atoms with Gasteiger partial charge in [-0.2, -0.15) is 0 Å². The molecule has 0 aromatic heterocycles. The minimum absolute atomic E-state index is 0.107. The molecular formula is C28H27NO4. The molecule has 2 aliphatic rings. The summed E-state index contributed by atoms with van der Waals surface area (Å²) < 4.78 is 18.1. The Morgan fingerprint density at radius 2 is 1.88 bits per heavy atom. The maximum atomic E-state index is 13.3. The molecule has 2 aliphatic heterocycles. The Balaban J connectivity index is 1.49. The second-order valence-electron chi connectivity index (χ2n) is 8.39. The fourth-order valence-corrected chi connectivity index (χ4v) is 4.47. The van der Waals surface area contributed by atoms with Gasteiger partial charge in [0.2, 0.25) is 5.78 Å². The molecule has 0 spiro atoms. The highest BCUT2D eigenvalue weighted by atomic mass is 16.5. The monoisotopic (exact) mass is 441 g/mol. The average molecular weight is 442 g/mol. The normalized spacial score (nSPS) is 17.2. The summed E-state index contributed by atoms with van der Waals surface area (Å²) in [6.07, 6.45) is 1.77. The van der Waals surface area contributed by atoms with Crippen molar-refractivity contribution < 1.29 is 19.0 Å². The molecule has 0 saturated carbocycles. The van der Waals surface area contributed by atoms with Gasteiger partial charge in [0.25, 0.3) is 0 Å². The summed E-state index contributed by atoms with van der Waals surface area (Å²) >= 11 is 0. The van der Waals surface area contributed by atoms with Crippen LogP contribution < -0.4 is 14.2 Å². The van der Waals surface area contributed by atoms with Crippen LogP contribution in [0.5, 0.6) is 17.2 Å². The molecule has 0 aliphatic carbocycles. The maximum absolute atomic E-state index is 13.3. The van der Waals surface area contributed by atoms with E-state index in [0.29, 0.717) is 37.0 Å². The van der Waals surface area contributed by atoms with E-state index in [1.165, 1.54) is 5.56 Å². The summed E-state index contributed by atoms with van der Waals surface area (Å²) in [5.41, 5.74) is 4.43. The minimum Gasteiger partial charge on any atom is -0.493 e. The van der Waals surface area contributed by atoms with Crippen molar-refractivity contribution in [1.82, 2.24) is 4.90 Å². The van der Waals surface area contributed by atoms with E-state index < -0.39 is 0 Å². The molecule has 0 N–H and O–H groups in total. The molecule has 0 radical (unpaired) electrons. The van der Waals surface area contributed by atoms with Gasteiger partial charge in [0.05, 0.1) is 17.7 Å². The fourth-order valence-electron chi connectivity index (χ4n) is 4.47.